The van der Waals surface area contributed by atoms with Crippen molar-refractivity contribution in [2.45, 2.75) is 12.6 Å². The maximum atomic E-state index is 13.1. The first-order valence-corrected chi connectivity index (χ1v) is 5.62. The van der Waals surface area contributed by atoms with Crippen LogP contribution in [0.15, 0.2) is 12.3 Å². The second-order valence-electron chi connectivity index (χ2n) is 3.85. The van der Waals surface area contributed by atoms with E-state index in [1.807, 2.05) is 0 Å². The van der Waals surface area contributed by atoms with Crippen LogP contribution >= 0.6 is 11.6 Å². The lowest BCUT2D eigenvalue weighted by Gasteiger charge is -2.19. The van der Waals surface area contributed by atoms with Crippen LogP contribution in [0.5, 0.6) is 0 Å². The summed E-state index contributed by atoms with van der Waals surface area (Å²) < 4.78 is 17.8. The Morgan fingerprint density at radius 3 is 3.06 bits per heavy atom. The molecule has 0 aliphatic carbocycles. The monoisotopic (exact) mass is 258 g/mol. The van der Waals surface area contributed by atoms with Gasteiger partial charge in [0.25, 0.3) is 0 Å². The highest BCUT2D eigenvalue weighted by Crippen LogP contribution is 2.27. The Kier molecular flexibility index (Phi) is 3.47. The van der Waals surface area contributed by atoms with Gasteiger partial charge in [-0.2, -0.15) is 0 Å². The van der Waals surface area contributed by atoms with Crippen molar-refractivity contribution in [3.8, 4) is 0 Å². The van der Waals surface area contributed by atoms with E-state index in [9.17, 15) is 9.18 Å². The Hall–Kier alpha value is -1.36. The molecule has 1 aliphatic rings. The summed E-state index contributed by atoms with van der Waals surface area (Å²) in [5.74, 6) is -0.494. The molecule has 1 aromatic heterocycles. The van der Waals surface area contributed by atoms with Crippen LogP contribution in [0.25, 0.3) is 0 Å². The lowest BCUT2D eigenvalue weighted by molar-refractivity contribution is 0.0601. The molecule has 2 rings (SSSR count). The molecule has 92 valence electrons. The molecular formula is C11H12ClFN2O2. The molecule has 6 heteroatoms. The minimum absolute atomic E-state index is 0.213. The van der Waals surface area contributed by atoms with E-state index in [0.29, 0.717) is 24.2 Å². The van der Waals surface area contributed by atoms with Crippen LogP contribution in [0.1, 0.15) is 16.8 Å². The first kappa shape index (κ1) is 12.1. The third-order valence-electron chi connectivity index (χ3n) is 2.73. The zero-order chi connectivity index (χ0) is 12.4. The van der Waals surface area contributed by atoms with Crippen molar-refractivity contribution >= 4 is 23.3 Å². The van der Waals surface area contributed by atoms with Gasteiger partial charge in [-0.15, -0.1) is 0 Å². The molecule has 1 saturated heterocycles. The van der Waals surface area contributed by atoms with Gasteiger partial charge in [0.1, 0.15) is 11.3 Å². The fourth-order valence-corrected chi connectivity index (χ4v) is 2.04. The maximum absolute atomic E-state index is 13.1. The molecule has 1 fully saturated rings. The predicted molar refractivity (Wildman–Crippen MR) is 62.3 cm³/mol. The topological polar surface area (TPSA) is 42.4 Å². The average molecular weight is 259 g/mol. The number of hydrogen-bond acceptors (Lipinski definition) is 4. The summed E-state index contributed by atoms with van der Waals surface area (Å²) in [6.07, 6.45) is 1.08. The smallest absolute Gasteiger partial charge is 0.340 e. The Labute approximate surface area is 103 Å². The van der Waals surface area contributed by atoms with Gasteiger partial charge in [-0.25, -0.2) is 14.2 Å². The third kappa shape index (κ3) is 2.49. The minimum atomic E-state index is -0.865. The number of alkyl halides is 1. The van der Waals surface area contributed by atoms with E-state index in [4.69, 9.17) is 11.6 Å². The molecule has 0 amide bonds. The minimum Gasteiger partial charge on any atom is -0.465 e. The van der Waals surface area contributed by atoms with E-state index in [1.165, 1.54) is 19.4 Å². The molecular weight excluding hydrogens is 247 g/mol. The van der Waals surface area contributed by atoms with E-state index in [0.717, 1.165) is 0 Å². The molecule has 1 atom stereocenters. The van der Waals surface area contributed by atoms with Gasteiger partial charge in [-0.3, -0.25) is 0 Å². The highest BCUT2D eigenvalue weighted by Gasteiger charge is 2.26. The van der Waals surface area contributed by atoms with E-state index < -0.39 is 12.1 Å². The fourth-order valence-electron chi connectivity index (χ4n) is 1.88. The number of ether oxygens (including phenoxy) is 1. The lowest BCUT2D eigenvalue weighted by atomic mass is 10.2. The number of aromatic nitrogens is 1. The van der Waals surface area contributed by atoms with Crippen molar-refractivity contribution in [1.82, 2.24) is 4.98 Å². The number of halogens is 2. The van der Waals surface area contributed by atoms with Gasteiger partial charge in [0.15, 0.2) is 0 Å². The van der Waals surface area contributed by atoms with Gasteiger partial charge in [0, 0.05) is 13.1 Å². The first-order valence-electron chi connectivity index (χ1n) is 5.24. The van der Waals surface area contributed by atoms with Gasteiger partial charge >= 0.3 is 5.97 Å². The molecule has 0 aromatic carbocycles. The summed E-state index contributed by atoms with van der Waals surface area (Å²) in [5, 5.41) is 0.213. The van der Waals surface area contributed by atoms with E-state index in [-0.39, 0.29) is 11.7 Å². The van der Waals surface area contributed by atoms with E-state index in [1.54, 1.807) is 4.90 Å². The number of anilines is 1. The quantitative estimate of drug-likeness (QED) is 0.602. The van der Waals surface area contributed by atoms with Crippen LogP contribution in [0.3, 0.4) is 0 Å². The number of rotatable bonds is 2. The molecule has 1 aromatic rings. The summed E-state index contributed by atoms with van der Waals surface area (Å²) >= 11 is 5.74. The van der Waals surface area contributed by atoms with Crippen molar-refractivity contribution in [3.63, 3.8) is 0 Å². The van der Waals surface area contributed by atoms with Gasteiger partial charge < -0.3 is 9.64 Å². The van der Waals surface area contributed by atoms with Crippen LogP contribution in [0, 0.1) is 0 Å². The first-order chi connectivity index (χ1) is 8.11. The highest BCUT2D eigenvalue weighted by atomic mass is 35.5. The fraction of sp³-hybridized carbons (Fsp3) is 0.455. The Morgan fingerprint density at radius 2 is 2.47 bits per heavy atom. The van der Waals surface area contributed by atoms with Gasteiger partial charge in [0.2, 0.25) is 0 Å². The van der Waals surface area contributed by atoms with Gasteiger partial charge in [-0.1, -0.05) is 11.6 Å². The Balaban J connectivity index is 2.35. The molecule has 1 aliphatic heterocycles. The Bertz CT molecular complexity index is 441. The van der Waals surface area contributed by atoms with Crippen molar-refractivity contribution in [2.24, 2.45) is 0 Å². The summed E-state index contributed by atoms with van der Waals surface area (Å²) in [6, 6.07) is 1.44. The zero-order valence-corrected chi connectivity index (χ0v) is 10.1. The highest BCUT2D eigenvalue weighted by molar-refractivity contribution is 6.29. The number of carbonyl (C=O) groups is 1. The Morgan fingerprint density at radius 1 is 1.71 bits per heavy atom. The van der Waals surface area contributed by atoms with Gasteiger partial charge in [-0.05, 0) is 12.5 Å². The van der Waals surface area contributed by atoms with Crippen LogP contribution in [0.4, 0.5) is 10.1 Å². The number of hydrogen-bond donors (Lipinski definition) is 0. The van der Waals surface area contributed by atoms with Crippen LogP contribution in [-0.2, 0) is 4.74 Å². The van der Waals surface area contributed by atoms with Crippen LogP contribution in [-0.4, -0.2) is 37.3 Å². The summed E-state index contributed by atoms with van der Waals surface area (Å²) in [5.41, 5.74) is 0.892. The molecule has 1 unspecified atom stereocenters. The normalized spacial score (nSPS) is 19.5. The van der Waals surface area contributed by atoms with E-state index >= 15 is 0 Å². The largest absolute Gasteiger partial charge is 0.465 e. The van der Waals surface area contributed by atoms with Crippen molar-refractivity contribution in [3.05, 3.63) is 23.0 Å². The lowest BCUT2D eigenvalue weighted by Crippen LogP contribution is -2.23. The number of nitrogens with zero attached hydrogens (tertiary/aromatic N) is 2. The van der Waals surface area contributed by atoms with Crippen molar-refractivity contribution in [1.29, 1.82) is 0 Å². The molecule has 0 saturated carbocycles. The average Bonchev–Trinajstić information content (AvgIpc) is 2.74. The maximum Gasteiger partial charge on any atom is 0.340 e. The molecule has 2 heterocycles. The van der Waals surface area contributed by atoms with Gasteiger partial charge in [0.05, 0.1) is 24.6 Å². The molecule has 0 radical (unpaired) electrons. The molecule has 0 spiro atoms. The number of pyridine rings is 1. The second-order valence-corrected chi connectivity index (χ2v) is 4.23. The zero-order valence-electron chi connectivity index (χ0n) is 9.32. The summed E-state index contributed by atoms with van der Waals surface area (Å²) in [7, 11) is 1.29. The van der Waals surface area contributed by atoms with Crippen LogP contribution in [0.2, 0.25) is 5.15 Å². The van der Waals surface area contributed by atoms with E-state index in [2.05, 4.69) is 9.72 Å². The molecule has 17 heavy (non-hydrogen) atoms. The molecule has 0 N–H and O–H groups in total. The number of methoxy groups -OCH3 is 1. The molecule has 4 nitrogen and oxygen atoms in total. The predicted octanol–water partition coefficient (Wildman–Crippen LogP) is 2.07. The number of esters is 1. The molecule has 0 bridgehead atoms. The SMILES string of the molecule is COC(=O)c1cc(Cl)ncc1N1CCC(F)C1. The second kappa shape index (κ2) is 4.87. The summed E-state index contributed by atoms with van der Waals surface area (Å²) in [4.78, 5) is 17.3. The third-order valence-corrected chi connectivity index (χ3v) is 2.93. The number of carbonyl (C=O) groups excluding carboxylic acids is 1. The van der Waals surface area contributed by atoms with Crippen molar-refractivity contribution < 1.29 is 13.9 Å². The standard InChI is InChI=1S/C11H12ClFN2O2/c1-17-11(16)8-4-10(12)14-5-9(8)15-3-2-7(13)6-15/h4-5,7H,2-3,6H2,1H3. The summed E-state index contributed by atoms with van der Waals surface area (Å²) in [6.45, 7) is 0.835. The van der Waals surface area contributed by atoms with Crippen molar-refractivity contribution in [2.75, 3.05) is 25.1 Å². The van der Waals surface area contributed by atoms with Crippen LogP contribution < -0.4 is 4.90 Å².